The highest BCUT2D eigenvalue weighted by atomic mass is 79.9. The van der Waals surface area contributed by atoms with Gasteiger partial charge in [-0.15, -0.1) is 22.7 Å². The predicted molar refractivity (Wildman–Crippen MR) is 101 cm³/mol. The van der Waals surface area contributed by atoms with E-state index in [0.717, 1.165) is 39.6 Å². The van der Waals surface area contributed by atoms with Crippen LogP contribution in [-0.2, 0) is 0 Å². The minimum atomic E-state index is 0.290. The Hall–Kier alpha value is -0.820. The van der Waals surface area contributed by atoms with Crippen LogP contribution in [0.15, 0.2) is 33.2 Å². The van der Waals surface area contributed by atoms with Crippen molar-refractivity contribution in [3.63, 3.8) is 0 Å². The van der Waals surface area contributed by atoms with Crippen molar-refractivity contribution in [2.45, 2.75) is 13.8 Å². The molecule has 0 aliphatic rings. The lowest BCUT2D eigenvalue weighted by atomic mass is 10.1. The fourth-order valence-corrected chi connectivity index (χ4v) is 5.50. The monoisotopic (exact) mass is 458 g/mol. The van der Waals surface area contributed by atoms with Gasteiger partial charge in [-0.2, -0.15) is 0 Å². The van der Waals surface area contributed by atoms with E-state index in [0.29, 0.717) is 0 Å². The molecule has 2 nitrogen and oxygen atoms in total. The largest absolute Gasteiger partial charge is 0.506 e. The van der Waals surface area contributed by atoms with Crippen LogP contribution in [0.4, 0.5) is 0 Å². The van der Waals surface area contributed by atoms with Crippen molar-refractivity contribution in [3.05, 3.63) is 43.0 Å². The molecule has 0 radical (unpaired) electrons. The van der Waals surface area contributed by atoms with Crippen LogP contribution in [0.5, 0.6) is 11.5 Å². The number of aromatic hydroxyl groups is 2. The maximum Gasteiger partial charge on any atom is 0.134 e. The molecule has 2 N–H and O–H groups in total. The molecule has 2 aromatic heterocycles. The van der Waals surface area contributed by atoms with Crippen LogP contribution in [0, 0.1) is 13.8 Å². The quantitative estimate of drug-likeness (QED) is 0.447. The number of benzene rings is 1. The van der Waals surface area contributed by atoms with Gasteiger partial charge in [0.1, 0.15) is 11.5 Å². The minimum absolute atomic E-state index is 0.290. The summed E-state index contributed by atoms with van der Waals surface area (Å²) in [7, 11) is 0. The zero-order valence-corrected chi connectivity index (χ0v) is 16.6. The lowest BCUT2D eigenvalue weighted by molar-refractivity contribution is 0.478. The first-order valence-electron chi connectivity index (χ1n) is 6.45. The van der Waals surface area contributed by atoms with Gasteiger partial charge in [-0.3, -0.25) is 0 Å². The van der Waals surface area contributed by atoms with Gasteiger partial charge in [-0.1, -0.05) is 31.9 Å². The van der Waals surface area contributed by atoms with Gasteiger partial charge in [-0.25, -0.2) is 0 Å². The zero-order chi connectivity index (χ0) is 16.0. The van der Waals surface area contributed by atoms with Crippen molar-refractivity contribution >= 4 is 54.5 Å². The summed E-state index contributed by atoms with van der Waals surface area (Å²) in [6.45, 7) is 3.94. The summed E-state index contributed by atoms with van der Waals surface area (Å²) >= 11 is 10.3. The molecule has 2 heterocycles. The van der Waals surface area contributed by atoms with Crippen LogP contribution in [0.2, 0.25) is 0 Å². The van der Waals surface area contributed by atoms with Gasteiger partial charge in [0.25, 0.3) is 0 Å². The highest BCUT2D eigenvalue weighted by molar-refractivity contribution is 9.11. The Bertz CT molecular complexity index is 793. The third kappa shape index (κ3) is 2.85. The average Bonchev–Trinajstić information content (AvgIpc) is 2.93. The molecule has 0 spiro atoms. The molecule has 0 aliphatic heterocycles. The summed E-state index contributed by atoms with van der Waals surface area (Å²) in [5.74, 6) is 0.579. The smallest absolute Gasteiger partial charge is 0.134 e. The second-order valence-corrected chi connectivity index (χ2v) is 9.18. The molecule has 0 amide bonds. The highest BCUT2D eigenvalue weighted by Crippen LogP contribution is 2.47. The molecule has 0 fully saturated rings. The molecule has 3 rings (SSSR count). The summed E-state index contributed by atoms with van der Waals surface area (Å²) < 4.78 is 1.77. The number of hydrogen-bond donors (Lipinski definition) is 2. The van der Waals surface area contributed by atoms with Crippen LogP contribution in [0.1, 0.15) is 9.75 Å². The Balaban J connectivity index is 2.17. The molecule has 0 unspecified atom stereocenters. The molecule has 0 atom stereocenters. The maximum absolute atomic E-state index is 10.1. The highest BCUT2D eigenvalue weighted by Gasteiger charge is 2.17. The van der Waals surface area contributed by atoms with Crippen molar-refractivity contribution in [3.8, 4) is 32.4 Å². The summed E-state index contributed by atoms with van der Waals surface area (Å²) in [4.78, 5) is 3.80. The Labute approximate surface area is 153 Å². The number of halogens is 2. The Kier molecular flexibility index (Phi) is 4.38. The number of aryl methyl sites for hydroxylation is 2. The fourth-order valence-electron chi connectivity index (χ4n) is 2.28. The minimum Gasteiger partial charge on any atom is -0.506 e. The molecule has 0 aliphatic carbocycles. The lowest BCUT2D eigenvalue weighted by Gasteiger charge is -2.09. The molecule has 3 aromatic rings. The van der Waals surface area contributed by atoms with Crippen molar-refractivity contribution in [2.24, 2.45) is 0 Å². The van der Waals surface area contributed by atoms with E-state index in [9.17, 15) is 10.2 Å². The number of thiophene rings is 2. The van der Waals surface area contributed by atoms with E-state index < -0.39 is 0 Å². The molecular weight excluding hydrogens is 448 g/mol. The topological polar surface area (TPSA) is 40.5 Å². The van der Waals surface area contributed by atoms with Crippen LogP contribution in [0.3, 0.4) is 0 Å². The summed E-state index contributed by atoms with van der Waals surface area (Å²) in [5.41, 5.74) is 1.86. The van der Waals surface area contributed by atoms with Crippen LogP contribution < -0.4 is 0 Å². The Morgan fingerprint density at radius 2 is 1.09 bits per heavy atom. The summed E-state index contributed by atoms with van der Waals surface area (Å²) in [6.07, 6.45) is 0. The molecule has 1 aromatic carbocycles. The number of hydrogen-bond acceptors (Lipinski definition) is 4. The molecular formula is C16H12Br2O2S2. The van der Waals surface area contributed by atoms with Crippen molar-refractivity contribution in [1.29, 1.82) is 0 Å². The van der Waals surface area contributed by atoms with Gasteiger partial charge in [0.15, 0.2) is 0 Å². The van der Waals surface area contributed by atoms with Crippen LogP contribution in [-0.4, -0.2) is 10.2 Å². The third-order valence-corrected chi connectivity index (χ3v) is 6.68. The van der Waals surface area contributed by atoms with Gasteiger partial charge >= 0.3 is 0 Å². The summed E-state index contributed by atoms with van der Waals surface area (Å²) in [5, 5.41) is 20.1. The molecule has 114 valence electrons. The second-order valence-electron chi connectivity index (χ2n) is 4.95. The van der Waals surface area contributed by atoms with Crippen LogP contribution >= 0.6 is 54.5 Å². The van der Waals surface area contributed by atoms with E-state index in [4.69, 9.17) is 0 Å². The first-order chi connectivity index (χ1) is 10.4. The van der Waals surface area contributed by atoms with Gasteiger partial charge in [0.05, 0.1) is 9.75 Å². The molecule has 0 saturated heterocycles. The molecule has 22 heavy (non-hydrogen) atoms. The van der Waals surface area contributed by atoms with E-state index >= 15 is 0 Å². The van der Waals surface area contributed by atoms with E-state index in [2.05, 4.69) is 31.9 Å². The van der Waals surface area contributed by atoms with Gasteiger partial charge in [0, 0.05) is 29.8 Å². The van der Waals surface area contributed by atoms with Crippen molar-refractivity contribution in [1.82, 2.24) is 0 Å². The van der Waals surface area contributed by atoms with Crippen molar-refractivity contribution < 1.29 is 10.2 Å². The van der Waals surface area contributed by atoms with Gasteiger partial charge in [-0.05, 0) is 38.1 Å². The van der Waals surface area contributed by atoms with E-state index in [-0.39, 0.29) is 11.5 Å². The standard InChI is InChI=1S/C16H12Br2O2S2/c1-7-3-13(19)15(21-7)9-5-12(18)10(6-11(9)17)16-14(20)4-8(2)22-16/h3-6,19-20H,1-2H3. The van der Waals surface area contributed by atoms with E-state index in [1.54, 1.807) is 34.8 Å². The van der Waals surface area contributed by atoms with E-state index in [1.807, 2.05) is 26.0 Å². The number of rotatable bonds is 2. The molecule has 6 heteroatoms. The second kappa shape index (κ2) is 6.00. The van der Waals surface area contributed by atoms with Crippen LogP contribution in [0.25, 0.3) is 20.9 Å². The molecule has 0 bridgehead atoms. The van der Waals surface area contributed by atoms with Gasteiger partial charge in [0.2, 0.25) is 0 Å². The molecule has 0 saturated carbocycles. The van der Waals surface area contributed by atoms with Gasteiger partial charge < -0.3 is 10.2 Å². The van der Waals surface area contributed by atoms with Crippen molar-refractivity contribution in [2.75, 3.05) is 0 Å². The third-order valence-electron chi connectivity index (χ3n) is 3.22. The fraction of sp³-hybridized carbons (Fsp3) is 0.125. The van der Waals surface area contributed by atoms with E-state index in [1.165, 1.54) is 0 Å². The SMILES string of the molecule is Cc1cc(O)c(-c2cc(Br)c(-c3sc(C)cc3O)cc2Br)s1. The summed E-state index contributed by atoms with van der Waals surface area (Å²) in [6, 6.07) is 7.48. The first kappa shape index (κ1) is 16.1. The Morgan fingerprint density at radius 3 is 1.36 bits per heavy atom. The normalized spacial score (nSPS) is 11.1. The Morgan fingerprint density at radius 1 is 0.727 bits per heavy atom. The lowest BCUT2D eigenvalue weighted by Crippen LogP contribution is -1.82. The predicted octanol–water partition coefficient (Wildman–Crippen LogP) is 6.70. The average molecular weight is 460 g/mol. The zero-order valence-electron chi connectivity index (χ0n) is 11.8. The maximum atomic E-state index is 10.1. The first-order valence-corrected chi connectivity index (χ1v) is 9.67.